The van der Waals surface area contributed by atoms with Crippen molar-refractivity contribution in [1.82, 2.24) is 0 Å². The molecule has 0 amide bonds. The Morgan fingerprint density at radius 2 is 1.67 bits per heavy atom. The van der Waals surface area contributed by atoms with E-state index in [1.165, 1.54) is 20.3 Å². The van der Waals surface area contributed by atoms with Crippen molar-refractivity contribution in [2.24, 2.45) is 0 Å². The third kappa shape index (κ3) is 3.09. The van der Waals surface area contributed by atoms with Gasteiger partial charge in [0.05, 0.1) is 19.2 Å². The Kier molecular flexibility index (Phi) is 4.65. The fourth-order valence-electron chi connectivity index (χ4n) is 2.03. The summed E-state index contributed by atoms with van der Waals surface area (Å²) in [7, 11) is 2.86. The normalized spacial score (nSPS) is 12.1. The van der Waals surface area contributed by atoms with E-state index in [4.69, 9.17) is 21.1 Å². The zero-order valence-electron chi connectivity index (χ0n) is 11.4. The van der Waals surface area contributed by atoms with Gasteiger partial charge in [0, 0.05) is 11.6 Å². The lowest BCUT2D eigenvalue weighted by Gasteiger charge is -2.17. The minimum Gasteiger partial charge on any atom is -0.493 e. The highest BCUT2D eigenvalue weighted by Gasteiger charge is 2.20. The summed E-state index contributed by atoms with van der Waals surface area (Å²) in [5.41, 5.74) is 0.320. The zero-order valence-corrected chi connectivity index (χ0v) is 12.1. The van der Waals surface area contributed by atoms with Gasteiger partial charge in [-0.05, 0) is 23.8 Å². The molecule has 0 aliphatic rings. The molecule has 112 valence electrons. The van der Waals surface area contributed by atoms with Crippen molar-refractivity contribution in [3.8, 4) is 11.5 Å². The summed E-state index contributed by atoms with van der Waals surface area (Å²) in [6.07, 6.45) is -1.29. The van der Waals surface area contributed by atoms with Crippen molar-refractivity contribution in [3.63, 3.8) is 0 Å². The Bertz CT molecular complexity index is 641. The number of hydrogen-bond acceptors (Lipinski definition) is 3. The van der Waals surface area contributed by atoms with Crippen LogP contribution in [0.15, 0.2) is 30.3 Å². The molecule has 0 heterocycles. The monoisotopic (exact) mass is 314 g/mol. The van der Waals surface area contributed by atoms with Gasteiger partial charge in [-0.1, -0.05) is 17.7 Å². The van der Waals surface area contributed by atoms with E-state index in [2.05, 4.69) is 0 Å². The summed E-state index contributed by atoms with van der Waals surface area (Å²) in [6, 6.07) is 5.88. The average molecular weight is 315 g/mol. The number of halogens is 3. The Morgan fingerprint density at radius 1 is 1.05 bits per heavy atom. The fourth-order valence-corrected chi connectivity index (χ4v) is 2.36. The fraction of sp³-hybridized carbons (Fsp3) is 0.200. The van der Waals surface area contributed by atoms with Crippen LogP contribution in [0.25, 0.3) is 0 Å². The summed E-state index contributed by atoms with van der Waals surface area (Å²) in [4.78, 5) is 0. The van der Waals surface area contributed by atoms with Gasteiger partial charge in [-0.25, -0.2) is 8.78 Å². The van der Waals surface area contributed by atoms with E-state index in [-0.39, 0.29) is 21.9 Å². The Balaban J connectivity index is 2.50. The van der Waals surface area contributed by atoms with E-state index in [0.29, 0.717) is 5.75 Å². The maximum absolute atomic E-state index is 13.2. The van der Waals surface area contributed by atoms with Crippen LogP contribution < -0.4 is 9.47 Å². The number of hydrogen-bond donors (Lipinski definition) is 1. The lowest BCUT2D eigenvalue weighted by atomic mass is 10.0. The molecule has 0 saturated heterocycles. The number of ether oxygens (including phenoxy) is 2. The second kappa shape index (κ2) is 6.28. The molecule has 3 nitrogen and oxygen atoms in total. The van der Waals surface area contributed by atoms with Crippen molar-refractivity contribution in [2.45, 2.75) is 6.10 Å². The molecule has 0 saturated carbocycles. The van der Waals surface area contributed by atoms with Gasteiger partial charge in [-0.2, -0.15) is 0 Å². The first-order chi connectivity index (χ1) is 9.97. The van der Waals surface area contributed by atoms with Gasteiger partial charge in [0.2, 0.25) is 0 Å². The van der Waals surface area contributed by atoms with E-state index < -0.39 is 17.7 Å². The third-order valence-electron chi connectivity index (χ3n) is 3.01. The quantitative estimate of drug-likeness (QED) is 0.935. The van der Waals surface area contributed by atoms with E-state index in [0.717, 1.165) is 18.2 Å². The van der Waals surface area contributed by atoms with Crippen LogP contribution in [-0.4, -0.2) is 19.3 Å². The topological polar surface area (TPSA) is 38.7 Å². The SMILES string of the molecule is COc1ccc(C(O)c2cc(F)cc(F)c2)c(Cl)c1OC. The first kappa shape index (κ1) is 15.5. The molecular formula is C15H13ClF2O3. The average Bonchev–Trinajstić information content (AvgIpc) is 2.45. The maximum atomic E-state index is 13.2. The molecule has 2 aromatic rings. The second-order valence-electron chi connectivity index (χ2n) is 4.31. The molecule has 0 aromatic heterocycles. The van der Waals surface area contributed by atoms with Gasteiger partial charge in [0.15, 0.2) is 11.5 Å². The van der Waals surface area contributed by atoms with Crippen LogP contribution in [-0.2, 0) is 0 Å². The van der Waals surface area contributed by atoms with Crippen molar-refractivity contribution in [1.29, 1.82) is 0 Å². The van der Waals surface area contributed by atoms with E-state index in [1.807, 2.05) is 0 Å². The highest BCUT2D eigenvalue weighted by molar-refractivity contribution is 6.33. The van der Waals surface area contributed by atoms with E-state index in [9.17, 15) is 13.9 Å². The van der Waals surface area contributed by atoms with Crippen LogP contribution in [0.4, 0.5) is 8.78 Å². The summed E-state index contributed by atoms with van der Waals surface area (Å²) in [6.45, 7) is 0. The number of methoxy groups -OCH3 is 2. The third-order valence-corrected chi connectivity index (χ3v) is 3.40. The van der Waals surface area contributed by atoms with Crippen molar-refractivity contribution >= 4 is 11.6 Å². The van der Waals surface area contributed by atoms with Crippen LogP contribution >= 0.6 is 11.6 Å². The molecule has 0 aliphatic heterocycles. The van der Waals surface area contributed by atoms with E-state index in [1.54, 1.807) is 6.07 Å². The van der Waals surface area contributed by atoms with Crippen molar-refractivity contribution < 1.29 is 23.4 Å². The van der Waals surface area contributed by atoms with Gasteiger partial charge in [-0.3, -0.25) is 0 Å². The number of aliphatic hydroxyl groups is 1. The van der Waals surface area contributed by atoms with Gasteiger partial charge < -0.3 is 14.6 Å². The lowest BCUT2D eigenvalue weighted by Crippen LogP contribution is -2.04. The van der Waals surface area contributed by atoms with Crippen LogP contribution in [0.2, 0.25) is 5.02 Å². The van der Waals surface area contributed by atoms with E-state index >= 15 is 0 Å². The van der Waals surface area contributed by atoms with Crippen molar-refractivity contribution in [2.75, 3.05) is 14.2 Å². The van der Waals surface area contributed by atoms with Gasteiger partial charge in [-0.15, -0.1) is 0 Å². The second-order valence-corrected chi connectivity index (χ2v) is 4.69. The van der Waals surface area contributed by atoms with Gasteiger partial charge in [0.1, 0.15) is 17.7 Å². The first-order valence-electron chi connectivity index (χ1n) is 6.02. The molecule has 0 bridgehead atoms. The molecule has 0 radical (unpaired) electrons. The smallest absolute Gasteiger partial charge is 0.179 e. The molecule has 0 spiro atoms. The Hall–Kier alpha value is -1.85. The summed E-state index contributed by atoms with van der Waals surface area (Å²) >= 11 is 6.16. The molecule has 0 fully saturated rings. The molecule has 6 heteroatoms. The molecule has 21 heavy (non-hydrogen) atoms. The molecule has 0 aliphatic carbocycles. The highest BCUT2D eigenvalue weighted by atomic mass is 35.5. The number of benzene rings is 2. The van der Waals surface area contributed by atoms with Crippen LogP contribution in [0, 0.1) is 11.6 Å². The summed E-state index contributed by atoms with van der Waals surface area (Å²) < 4.78 is 36.7. The number of rotatable bonds is 4. The largest absolute Gasteiger partial charge is 0.493 e. The molecule has 2 rings (SSSR count). The maximum Gasteiger partial charge on any atom is 0.179 e. The molecule has 1 atom stereocenters. The molecule has 1 N–H and O–H groups in total. The number of aliphatic hydroxyl groups excluding tert-OH is 1. The predicted molar refractivity (Wildman–Crippen MR) is 75.0 cm³/mol. The van der Waals surface area contributed by atoms with Crippen LogP contribution in [0.3, 0.4) is 0 Å². The zero-order chi connectivity index (χ0) is 15.6. The van der Waals surface area contributed by atoms with Crippen LogP contribution in [0.1, 0.15) is 17.2 Å². The van der Waals surface area contributed by atoms with Crippen molar-refractivity contribution in [3.05, 3.63) is 58.1 Å². The lowest BCUT2D eigenvalue weighted by molar-refractivity contribution is 0.218. The molecule has 1 unspecified atom stereocenters. The minimum absolute atomic E-state index is 0.0571. The standard InChI is InChI=1S/C15H13ClF2O3/c1-20-12-4-3-11(13(16)15(12)21-2)14(19)8-5-9(17)7-10(18)6-8/h3-7,14,19H,1-2H3. The molecular weight excluding hydrogens is 302 g/mol. The first-order valence-corrected chi connectivity index (χ1v) is 6.40. The Morgan fingerprint density at radius 3 is 2.19 bits per heavy atom. The predicted octanol–water partition coefficient (Wildman–Crippen LogP) is 3.72. The van der Waals surface area contributed by atoms with Gasteiger partial charge in [0.25, 0.3) is 0 Å². The summed E-state index contributed by atoms with van der Waals surface area (Å²) in [5.74, 6) is -0.919. The molecule has 2 aromatic carbocycles. The highest BCUT2D eigenvalue weighted by Crippen LogP contribution is 2.41. The van der Waals surface area contributed by atoms with Crippen LogP contribution in [0.5, 0.6) is 11.5 Å². The van der Waals surface area contributed by atoms with Gasteiger partial charge >= 0.3 is 0 Å². The Labute approximate surface area is 125 Å². The minimum atomic E-state index is -1.29. The summed E-state index contributed by atoms with van der Waals surface area (Å²) in [5, 5.41) is 10.4.